The number of nitrogens with zero attached hydrogens (tertiary/aromatic N) is 4. The highest BCUT2D eigenvalue weighted by atomic mass is 16.5. The molecule has 1 atom stereocenters. The molecule has 23 heavy (non-hydrogen) atoms. The van der Waals surface area contributed by atoms with E-state index >= 15 is 0 Å². The summed E-state index contributed by atoms with van der Waals surface area (Å²) in [4.78, 5) is 11.5. The first kappa shape index (κ1) is 16.9. The van der Waals surface area contributed by atoms with Gasteiger partial charge in [-0.05, 0) is 46.9 Å². The predicted octanol–water partition coefficient (Wildman–Crippen LogP) is 2.49. The molecule has 1 aromatic heterocycles. The van der Waals surface area contributed by atoms with Gasteiger partial charge in [0.25, 0.3) is 0 Å². The van der Waals surface area contributed by atoms with E-state index in [1.165, 1.54) is 10.2 Å². The van der Waals surface area contributed by atoms with Crippen LogP contribution in [0.1, 0.15) is 44.6 Å². The van der Waals surface area contributed by atoms with Crippen molar-refractivity contribution in [3.63, 3.8) is 0 Å². The Kier molecular flexibility index (Phi) is 5.67. The topological polar surface area (TPSA) is 90.1 Å². The predicted molar refractivity (Wildman–Crippen MR) is 84.1 cm³/mol. The molecule has 0 saturated carbocycles. The summed E-state index contributed by atoms with van der Waals surface area (Å²) in [5, 5.41) is 20.7. The molecule has 1 heterocycles. The number of carboxylic acids is 1. The molecule has 7 heteroatoms. The third-order valence-corrected chi connectivity index (χ3v) is 3.54. The van der Waals surface area contributed by atoms with Gasteiger partial charge in [-0.1, -0.05) is 32.9 Å². The summed E-state index contributed by atoms with van der Waals surface area (Å²) >= 11 is 0. The Morgan fingerprint density at radius 2 is 2.00 bits per heavy atom. The average Bonchev–Trinajstić information content (AvgIpc) is 2.98. The lowest BCUT2D eigenvalue weighted by Gasteiger charge is -2.16. The molecule has 0 aliphatic carbocycles. The van der Waals surface area contributed by atoms with Crippen LogP contribution in [-0.2, 0) is 17.8 Å². The fourth-order valence-electron chi connectivity index (χ4n) is 2.27. The van der Waals surface area contributed by atoms with Crippen LogP contribution in [0.15, 0.2) is 24.3 Å². The van der Waals surface area contributed by atoms with Gasteiger partial charge in [0.15, 0.2) is 11.9 Å². The smallest absolute Gasteiger partial charge is 0.328 e. The van der Waals surface area contributed by atoms with E-state index in [0.29, 0.717) is 18.0 Å². The molecule has 124 valence electrons. The molecule has 0 fully saturated rings. The fraction of sp³-hybridized carbons (Fsp3) is 0.500. The van der Waals surface area contributed by atoms with Crippen molar-refractivity contribution >= 4 is 5.97 Å². The number of hydrogen-bond donors (Lipinski definition) is 1. The molecule has 0 amide bonds. The number of aromatic nitrogens is 4. The number of aryl methyl sites for hydroxylation is 1. The lowest BCUT2D eigenvalue weighted by molar-refractivity contribution is -0.141. The molecule has 2 aromatic rings. The normalized spacial score (nSPS) is 12.3. The lowest BCUT2D eigenvalue weighted by Crippen LogP contribution is -2.24. The summed E-state index contributed by atoms with van der Waals surface area (Å²) < 4.78 is 7.01. The zero-order chi connectivity index (χ0) is 16.8. The Bertz CT molecular complexity index is 637. The van der Waals surface area contributed by atoms with Crippen LogP contribution in [0.4, 0.5) is 0 Å². The van der Waals surface area contributed by atoms with Crippen LogP contribution in [0.2, 0.25) is 0 Å². The van der Waals surface area contributed by atoms with Gasteiger partial charge in [0.2, 0.25) is 0 Å². The van der Waals surface area contributed by atoms with Gasteiger partial charge in [0, 0.05) is 0 Å². The van der Waals surface area contributed by atoms with Gasteiger partial charge in [-0.3, -0.25) is 0 Å². The molecule has 1 aromatic carbocycles. The van der Waals surface area contributed by atoms with Crippen LogP contribution in [0.25, 0.3) is 0 Å². The molecule has 2 rings (SSSR count). The maximum absolute atomic E-state index is 11.5. The number of hydrogen-bond acceptors (Lipinski definition) is 5. The molecule has 1 N–H and O–H groups in total. The number of aliphatic carboxylic acids is 1. The highest BCUT2D eigenvalue weighted by molar-refractivity contribution is 5.71. The first-order valence-corrected chi connectivity index (χ1v) is 7.72. The van der Waals surface area contributed by atoms with Gasteiger partial charge in [-0.25, -0.2) is 9.48 Å². The molecular weight excluding hydrogens is 296 g/mol. The van der Waals surface area contributed by atoms with Crippen molar-refractivity contribution < 1.29 is 14.6 Å². The summed E-state index contributed by atoms with van der Waals surface area (Å²) in [5.41, 5.74) is 1.23. The van der Waals surface area contributed by atoms with Crippen LogP contribution in [0.5, 0.6) is 5.75 Å². The monoisotopic (exact) mass is 318 g/mol. The van der Waals surface area contributed by atoms with E-state index in [2.05, 4.69) is 22.4 Å². The van der Waals surface area contributed by atoms with Gasteiger partial charge >= 0.3 is 5.97 Å². The van der Waals surface area contributed by atoms with Gasteiger partial charge in [-0.15, -0.1) is 5.10 Å². The van der Waals surface area contributed by atoms with E-state index in [0.717, 1.165) is 6.42 Å². The van der Waals surface area contributed by atoms with E-state index in [1.54, 1.807) is 0 Å². The Morgan fingerprint density at radius 3 is 2.57 bits per heavy atom. The van der Waals surface area contributed by atoms with Crippen LogP contribution >= 0.6 is 0 Å². The first-order valence-electron chi connectivity index (χ1n) is 7.72. The third kappa shape index (κ3) is 4.51. The summed E-state index contributed by atoms with van der Waals surface area (Å²) in [6.45, 7) is 6.14. The van der Waals surface area contributed by atoms with Gasteiger partial charge in [-0.2, -0.15) is 0 Å². The first-order chi connectivity index (χ1) is 11.0. The van der Waals surface area contributed by atoms with Crippen molar-refractivity contribution in [3.8, 4) is 5.75 Å². The minimum Gasteiger partial charge on any atom is -0.486 e. The number of carbonyl (C=O) groups is 1. The number of benzene rings is 1. The van der Waals surface area contributed by atoms with Crippen molar-refractivity contribution in [2.24, 2.45) is 5.92 Å². The number of ether oxygens (including phenoxy) is 1. The van der Waals surface area contributed by atoms with E-state index in [1.807, 2.05) is 38.1 Å². The van der Waals surface area contributed by atoms with Crippen LogP contribution in [0, 0.1) is 5.92 Å². The minimum absolute atomic E-state index is 0.125. The van der Waals surface area contributed by atoms with E-state index in [9.17, 15) is 9.90 Å². The standard InChI is InChI=1S/C16H22N4O3/c1-4-12-5-7-13(8-6-12)23-10-15-17-18-19-20(15)14(16(21)22)9-11(2)3/h5-8,11,14H,4,9-10H2,1-3H3,(H,21,22). The molecule has 0 aliphatic rings. The average molecular weight is 318 g/mol. The Balaban J connectivity index is 2.08. The Morgan fingerprint density at radius 1 is 1.30 bits per heavy atom. The van der Waals surface area contributed by atoms with Crippen molar-refractivity contribution in [1.29, 1.82) is 0 Å². The number of tetrazole rings is 1. The zero-order valence-electron chi connectivity index (χ0n) is 13.6. The van der Waals surface area contributed by atoms with Crippen LogP contribution in [0.3, 0.4) is 0 Å². The molecule has 0 saturated heterocycles. The molecule has 0 bridgehead atoms. The van der Waals surface area contributed by atoms with Crippen molar-refractivity contribution in [2.45, 2.75) is 46.3 Å². The van der Waals surface area contributed by atoms with Crippen molar-refractivity contribution in [3.05, 3.63) is 35.7 Å². The molecule has 1 unspecified atom stereocenters. The second-order valence-corrected chi connectivity index (χ2v) is 5.81. The van der Waals surface area contributed by atoms with Crippen molar-refractivity contribution in [2.75, 3.05) is 0 Å². The highest BCUT2D eigenvalue weighted by Gasteiger charge is 2.25. The maximum Gasteiger partial charge on any atom is 0.328 e. The fourth-order valence-corrected chi connectivity index (χ4v) is 2.27. The third-order valence-electron chi connectivity index (χ3n) is 3.54. The molecular formula is C16H22N4O3. The quantitative estimate of drug-likeness (QED) is 0.804. The Hall–Kier alpha value is -2.44. The van der Waals surface area contributed by atoms with Gasteiger partial charge in [0.05, 0.1) is 0 Å². The molecule has 0 aliphatic heterocycles. The second-order valence-electron chi connectivity index (χ2n) is 5.81. The van der Waals surface area contributed by atoms with E-state index < -0.39 is 12.0 Å². The van der Waals surface area contributed by atoms with Gasteiger partial charge < -0.3 is 9.84 Å². The summed E-state index contributed by atoms with van der Waals surface area (Å²) in [6.07, 6.45) is 1.42. The summed E-state index contributed by atoms with van der Waals surface area (Å²) in [5.74, 6) is 0.375. The lowest BCUT2D eigenvalue weighted by atomic mass is 10.0. The largest absolute Gasteiger partial charge is 0.486 e. The van der Waals surface area contributed by atoms with E-state index in [-0.39, 0.29) is 12.5 Å². The van der Waals surface area contributed by atoms with Gasteiger partial charge in [0.1, 0.15) is 12.4 Å². The van der Waals surface area contributed by atoms with Crippen molar-refractivity contribution in [1.82, 2.24) is 20.2 Å². The number of carboxylic acid groups (broad SMARTS) is 1. The number of rotatable bonds is 8. The second kappa shape index (κ2) is 7.71. The zero-order valence-corrected chi connectivity index (χ0v) is 13.6. The molecule has 7 nitrogen and oxygen atoms in total. The van der Waals surface area contributed by atoms with E-state index in [4.69, 9.17) is 4.74 Å². The summed E-state index contributed by atoms with van der Waals surface area (Å²) in [6, 6.07) is 6.98. The van der Waals surface area contributed by atoms with Crippen LogP contribution < -0.4 is 4.74 Å². The molecule has 0 spiro atoms. The summed E-state index contributed by atoms with van der Waals surface area (Å²) in [7, 11) is 0. The SMILES string of the molecule is CCc1ccc(OCc2nnnn2C(CC(C)C)C(=O)O)cc1. The highest BCUT2D eigenvalue weighted by Crippen LogP contribution is 2.19. The van der Waals surface area contributed by atoms with Crippen LogP contribution in [-0.4, -0.2) is 31.3 Å². The minimum atomic E-state index is -0.945. The maximum atomic E-state index is 11.5. The molecule has 0 radical (unpaired) electrons. The Labute approximate surface area is 135 Å².